The summed E-state index contributed by atoms with van der Waals surface area (Å²) in [6, 6.07) is 0. The Bertz CT molecular complexity index is 349. The number of hydrogen-bond acceptors (Lipinski definition) is 2. The number of halogens is 1. The average Bonchev–Trinajstić information content (AvgIpc) is 2.67. The summed E-state index contributed by atoms with van der Waals surface area (Å²) in [5, 5.41) is 8.56. The Morgan fingerprint density at radius 2 is 2.07 bits per heavy atom. The van der Waals surface area contributed by atoms with Crippen molar-refractivity contribution >= 4 is 17.3 Å². The zero-order chi connectivity index (χ0) is 10.4. The molecule has 1 aromatic rings. The van der Waals surface area contributed by atoms with Crippen molar-refractivity contribution in [1.82, 2.24) is 15.0 Å². The van der Waals surface area contributed by atoms with E-state index in [1.165, 1.54) is 4.80 Å². The molecule has 0 aliphatic carbocycles. The van der Waals surface area contributed by atoms with E-state index < -0.39 is 0 Å². The minimum Gasteiger partial charge on any atom is -0.157 e. The number of aromatic nitrogens is 3. The summed E-state index contributed by atoms with van der Waals surface area (Å²) in [5.74, 6) is 0. The lowest BCUT2D eigenvalue weighted by atomic mass is 10.3. The van der Waals surface area contributed by atoms with Gasteiger partial charge in [0.15, 0.2) is 0 Å². The van der Waals surface area contributed by atoms with Gasteiger partial charge in [-0.2, -0.15) is 15.0 Å². The van der Waals surface area contributed by atoms with Crippen LogP contribution in [-0.4, -0.2) is 15.0 Å². The van der Waals surface area contributed by atoms with Crippen molar-refractivity contribution in [3.05, 3.63) is 42.2 Å². The lowest BCUT2D eigenvalue weighted by Crippen LogP contribution is -1.96. The number of allylic oxidation sites excluding steroid dienone is 5. The fourth-order valence-electron chi connectivity index (χ4n) is 0.870. The van der Waals surface area contributed by atoms with E-state index in [1.54, 1.807) is 24.5 Å². The molecule has 1 aromatic heterocycles. The second-order valence-corrected chi connectivity index (χ2v) is 3.08. The van der Waals surface area contributed by atoms with Gasteiger partial charge in [0.1, 0.15) is 0 Å². The highest BCUT2D eigenvalue weighted by molar-refractivity contribution is 6.31. The summed E-state index contributed by atoms with van der Waals surface area (Å²) >= 11 is 5.87. The van der Waals surface area contributed by atoms with Crippen LogP contribution in [0.4, 0.5) is 0 Å². The molecule has 0 aliphatic heterocycles. The zero-order valence-electron chi connectivity index (χ0n) is 8.02. The first-order valence-corrected chi connectivity index (χ1v) is 4.71. The molecule has 1 rings (SSSR count). The largest absolute Gasteiger partial charge is 0.157 e. The minimum atomic E-state index is 0.678. The molecular formula is C10H12ClN3. The Balaban J connectivity index is 2.62. The normalized spacial score (nSPS) is 12.3. The first kappa shape index (κ1) is 10.7. The number of rotatable bonds is 4. The van der Waals surface area contributed by atoms with Gasteiger partial charge in [-0.15, -0.1) is 0 Å². The van der Waals surface area contributed by atoms with E-state index in [0.29, 0.717) is 10.7 Å². The van der Waals surface area contributed by atoms with Crippen molar-refractivity contribution in [2.75, 3.05) is 0 Å². The van der Waals surface area contributed by atoms with E-state index in [9.17, 15) is 0 Å². The van der Waals surface area contributed by atoms with Gasteiger partial charge in [0.25, 0.3) is 0 Å². The van der Waals surface area contributed by atoms with Crippen LogP contribution in [0.25, 0.3) is 5.70 Å². The Labute approximate surface area is 88.4 Å². The quantitative estimate of drug-likeness (QED) is 0.714. The highest BCUT2D eigenvalue weighted by Gasteiger charge is 1.92. The number of nitrogens with zero attached hydrogens (tertiary/aromatic N) is 3. The first-order chi connectivity index (χ1) is 6.74. The molecule has 0 radical (unpaired) electrons. The minimum absolute atomic E-state index is 0.678. The highest BCUT2D eigenvalue weighted by Crippen LogP contribution is 2.07. The third kappa shape index (κ3) is 3.18. The van der Waals surface area contributed by atoms with Crippen LogP contribution in [0.3, 0.4) is 0 Å². The highest BCUT2D eigenvalue weighted by atomic mass is 35.5. The van der Waals surface area contributed by atoms with Gasteiger partial charge in [0.05, 0.1) is 18.1 Å². The standard InChI is InChI=1S/C10H12ClN3/c1-3-4-10(11)6-5-9(2)14-12-7-8-13-14/h4-8H,2-3H2,1H3/b6-5-,10-4+. The lowest BCUT2D eigenvalue weighted by Gasteiger charge is -1.95. The molecule has 0 bridgehead atoms. The fourth-order valence-corrected chi connectivity index (χ4v) is 1.09. The number of hydrogen-bond donors (Lipinski definition) is 0. The van der Waals surface area contributed by atoms with Gasteiger partial charge in [-0.25, -0.2) is 0 Å². The second kappa shape index (κ2) is 5.40. The van der Waals surface area contributed by atoms with E-state index in [-0.39, 0.29) is 0 Å². The van der Waals surface area contributed by atoms with E-state index in [2.05, 4.69) is 16.8 Å². The molecule has 0 saturated heterocycles. The molecule has 74 valence electrons. The Hall–Kier alpha value is -1.35. The predicted octanol–water partition coefficient (Wildman–Crippen LogP) is 2.84. The van der Waals surface area contributed by atoms with Crippen LogP contribution < -0.4 is 0 Å². The van der Waals surface area contributed by atoms with Crippen LogP contribution in [0.2, 0.25) is 0 Å². The van der Waals surface area contributed by atoms with Crippen molar-refractivity contribution in [3.8, 4) is 0 Å². The van der Waals surface area contributed by atoms with Crippen LogP contribution in [0.5, 0.6) is 0 Å². The van der Waals surface area contributed by atoms with Crippen LogP contribution in [-0.2, 0) is 0 Å². The molecule has 0 aliphatic rings. The summed E-state index contributed by atoms with van der Waals surface area (Å²) in [6.07, 6.45) is 9.58. The molecule has 0 N–H and O–H groups in total. The van der Waals surface area contributed by atoms with E-state index in [1.807, 2.05) is 13.0 Å². The topological polar surface area (TPSA) is 30.7 Å². The fraction of sp³-hybridized carbons (Fsp3) is 0.200. The summed E-state index contributed by atoms with van der Waals surface area (Å²) in [7, 11) is 0. The van der Waals surface area contributed by atoms with Crippen LogP contribution in [0.15, 0.2) is 42.2 Å². The molecule has 0 aromatic carbocycles. The predicted molar refractivity (Wildman–Crippen MR) is 58.7 cm³/mol. The van der Waals surface area contributed by atoms with Crippen LogP contribution in [0, 0.1) is 0 Å². The van der Waals surface area contributed by atoms with E-state index in [4.69, 9.17) is 11.6 Å². The van der Waals surface area contributed by atoms with Gasteiger partial charge in [-0.1, -0.05) is 31.2 Å². The van der Waals surface area contributed by atoms with Crippen LogP contribution in [0.1, 0.15) is 13.3 Å². The van der Waals surface area contributed by atoms with Gasteiger partial charge < -0.3 is 0 Å². The Morgan fingerprint density at radius 1 is 1.43 bits per heavy atom. The van der Waals surface area contributed by atoms with E-state index >= 15 is 0 Å². The lowest BCUT2D eigenvalue weighted by molar-refractivity contribution is 0.778. The maximum atomic E-state index is 5.87. The maximum Gasteiger partial charge on any atom is 0.0785 e. The molecule has 1 heterocycles. The van der Waals surface area contributed by atoms with Crippen molar-refractivity contribution in [1.29, 1.82) is 0 Å². The Morgan fingerprint density at radius 3 is 2.64 bits per heavy atom. The molecule has 0 amide bonds. The molecule has 14 heavy (non-hydrogen) atoms. The molecule has 0 atom stereocenters. The van der Waals surface area contributed by atoms with Gasteiger partial charge in [0.2, 0.25) is 0 Å². The summed E-state index contributed by atoms with van der Waals surface area (Å²) < 4.78 is 0. The molecule has 0 spiro atoms. The van der Waals surface area contributed by atoms with Crippen molar-refractivity contribution in [3.63, 3.8) is 0 Å². The molecular weight excluding hydrogens is 198 g/mol. The van der Waals surface area contributed by atoms with Crippen molar-refractivity contribution in [2.24, 2.45) is 0 Å². The molecule has 3 nitrogen and oxygen atoms in total. The van der Waals surface area contributed by atoms with Crippen LogP contribution >= 0.6 is 11.6 Å². The Kier molecular flexibility index (Phi) is 4.13. The second-order valence-electron chi connectivity index (χ2n) is 2.64. The third-order valence-electron chi connectivity index (χ3n) is 1.51. The van der Waals surface area contributed by atoms with Crippen molar-refractivity contribution in [2.45, 2.75) is 13.3 Å². The van der Waals surface area contributed by atoms with E-state index in [0.717, 1.165) is 6.42 Å². The summed E-state index contributed by atoms with van der Waals surface area (Å²) in [6.45, 7) is 5.82. The van der Waals surface area contributed by atoms with Gasteiger partial charge in [-0.3, -0.25) is 0 Å². The van der Waals surface area contributed by atoms with Gasteiger partial charge in [0, 0.05) is 5.03 Å². The molecule has 0 unspecified atom stereocenters. The monoisotopic (exact) mass is 209 g/mol. The summed E-state index contributed by atoms with van der Waals surface area (Å²) in [5.41, 5.74) is 0.678. The third-order valence-corrected chi connectivity index (χ3v) is 1.79. The smallest absolute Gasteiger partial charge is 0.0785 e. The molecule has 0 saturated carbocycles. The van der Waals surface area contributed by atoms with Crippen molar-refractivity contribution < 1.29 is 0 Å². The maximum absolute atomic E-state index is 5.87. The first-order valence-electron chi connectivity index (χ1n) is 4.33. The zero-order valence-corrected chi connectivity index (χ0v) is 8.78. The van der Waals surface area contributed by atoms with Gasteiger partial charge in [-0.05, 0) is 18.6 Å². The van der Waals surface area contributed by atoms with Gasteiger partial charge >= 0.3 is 0 Å². The summed E-state index contributed by atoms with van der Waals surface area (Å²) in [4.78, 5) is 1.44. The molecule has 4 heteroatoms. The average molecular weight is 210 g/mol. The SMILES string of the molecule is C=C(/C=C\C(Cl)=C/CC)n1nccn1. The molecule has 0 fully saturated rings.